The first-order valence-electron chi connectivity index (χ1n) is 14.6. The van der Waals surface area contributed by atoms with Gasteiger partial charge in [-0.1, -0.05) is 127 Å². The SMILES string of the molecule is O=c1/c(=C/c2ccccc2OCc2cccc3ccccc23)sc2n1[C@@H](c1ccccc1)C1=C(N=2)c2ccccc2CC1. The molecular formula is C38H28N2O2S. The fourth-order valence-corrected chi connectivity index (χ4v) is 7.40. The van der Waals surface area contributed by atoms with Crippen LogP contribution < -0.4 is 19.6 Å². The van der Waals surface area contributed by atoms with E-state index in [1.165, 1.54) is 38.8 Å². The number of rotatable bonds is 5. The van der Waals surface area contributed by atoms with E-state index in [0.717, 1.165) is 45.8 Å². The highest BCUT2D eigenvalue weighted by Crippen LogP contribution is 2.41. The molecule has 43 heavy (non-hydrogen) atoms. The number of hydrogen-bond acceptors (Lipinski definition) is 4. The van der Waals surface area contributed by atoms with Gasteiger partial charge in [0.1, 0.15) is 12.4 Å². The summed E-state index contributed by atoms with van der Waals surface area (Å²) >= 11 is 1.45. The maximum absolute atomic E-state index is 14.2. The van der Waals surface area contributed by atoms with E-state index >= 15 is 0 Å². The Morgan fingerprint density at radius 3 is 2.51 bits per heavy atom. The number of hydrogen-bond donors (Lipinski definition) is 0. The molecule has 1 atom stereocenters. The fraction of sp³-hybridized carbons (Fsp3) is 0.105. The molecular weight excluding hydrogens is 548 g/mol. The normalized spacial score (nSPS) is 15.9. The molecule has 0 unspecified atom stereocenters. The molecule has 6 aromatic rings. The van der Waals surface area contributed by atoms with Gasteiger partial charge in [-0.05, 0) is 58.0 Å². The van der Waals surface area contributed by atoms with E-state index in [0.29, 0.717) is 11.1 Å². The van der Waals surface area contributed by atoms with Gasteiger partial charge in [-0.3, -0.25) is 9.36 Å². The number of fused-ring (bicyclic) bond motifs is 4. The maximum atomic E-state index is 14.2. The van der Waals surface area contributed by atoms with Gasteiger partial charge in [-0.2, -0.15) is 0 Å². The fourth-order valence-electron chi connectivity index (χ4n) is 6.40. The Balaban J connectivity index is 1.23. The minimum Gasteiger partial charge on any atom is -0.488 e. The molecule has 1 aromatic heterocycles. The van der Waals surface area contributed by atoms with Crippen LogP contribution in [-0.2, 0) is 13.0 Å². The molecule has 2 heterocycles. The number of allylic oxidation sites excluding steroid dienone is 1. The van der Waals surface area contributed by atoms with Crippen molar-refractivity contribution >= 4 is 33.9 Å². The third-order valence-electron chi connectivity index (χ3n) is 8.46. The molecule has 5 aromatic carbocycles. The second-order valence-corrected chi connectivity index (χ2v) is 12.0. The molecule has 0 spiro atoms. The molecule has 2 aliphatic rings. The Kier molecular flexibility index (Phi) is 6.38. The van der Waals surface area contributed by atoms with E-state index in [1.54, 1.807) is 0 Å². The molecule has 4 nitrogen and oxygen atoms in total. The third-order valence-corrected chi connectivity index (χ3v) is 9.44. The molecule has 0 amide bonds. The second kappa shape index (κ2) is 10.7. The van der Waals surface area contributed by atoms with Crippen LogP contribution in [0.1, 0.15) is 40.3 Å². The zero-order chi connectivity index (χ0) is 28.8. The summed E-state index contributed by atoms with van der Waals surface area (Å²) in [7, 11) is 0. The summed E-state index contributed by atoms with van der Waals surface area (Å²) < 4.78 is 8.93. The van der Waals surface area contributed by atoms with E-state index in [1.807, 2.05) is 53.1 Å². The Hall–Kier alpha value is -5.00. The molecule has 0 radical (unpaired) electrons. The third kappa shape index (κ3) is 4.53. The van der Waals surface area contributed by atoms with Crippen molar-refractivity contribution in [2.24, 2.45) is 4.99 Å². The van der Waals surface area contributed by atoms with Crippen LogP contribution in [0.15, 0.2) is 137 Å². The Bertz CT molecular complexity index is 2220. The van der Waals surface area contributed by atoms with Crippen LogP contribution in [0.3, 0.4) is 0 Å². The highest BCUT2D eigenvalue weighted by atomic mass is 32.1. The molecule has 8 rings (SSSR count). The zero-order valence-corrected chi connectivity index (χ0v) is 24.3. The van der Waals surface area contributed by atoms with Crippen LogP contribution in [-0.4, -0.2) is 4.57 Å². The van der Waals surface area contributed by atoms with Gasteiger partial charge in [0.15, 0.2) is 4.80 Å². The summed E-state index contributed by atoms with van der Waals surface area (Å²) in [4.78, 5) is 20.1. The second-order valence-electron chi connectivity index (χ2n) is 11.0. The van der Waals surface area contributed by atoms with Crippen molar-refractivity contribution in [3.05, 3.63) is 174 Å². The van der Waals surface area contributed by atoms with Gasteiger partial charge >= 0.3 is 0 Å². The van der Waals surface area contributed by atoms with Gasteiger partial charge in [0.25, 0.3) is 5.56 Å². The highest BCUT2D eigenvalue weighted by molar-refractivity contribution is 7.07. The molecule has 1 aliphatic carbocycles. The first kappa shape index (κ1) is 25.7. The van der Waals surface area contributed by atoms with E-state index in [9.17, 15) is 4.79 Å². The van der Waals surface area contributed by atoms with Gasteiger partial charge in [-0.15, -0.1) is 0 Å². The zero-order valence-electron chi connectivity index (χ0n) is 23.4. The topological polar surface area (TPSA) is 43.6 Å². The molecule has 208 valence electrons. The lowest BCUT2D eigenvalue weighted by Crippen LogP contribution is -2.38. The van der Waals surface area contributed by atoms with Crippen molar-refractivity contribution in [3.63, 3.8) is 0 Å². The number of aryl methyl sites for hydroxylation is 1. The van der Waals surface area contributed by atoms with Crippen molar-refractivity contribution in [1.82, 2.24) is 4.57 Å². The molecule has 0 saturated heterocycles. The molecule has 0 saturated carbocycles. The summed E-state index contributed by atoms with van der Waals surface area (Å²) in [6.07, 6.45) is 3.78. The number of thiazole rings is 1. The van der Waals surface area contributed by atoms with Crippen LogP contribution in [0.25, 0.3) is 22.5 Å². The van der Waals surface area contributed by atoms with E-state index < -0.39 is 0 Å². The summed E-state index contributed by atoms with van der Waals surface area (Å²) in [5.41, 5.74) is 7.80. The number of nitrogens with zero attached hydrogens (tertiary/aromatic N) is 2. The van der Waals surface area contributed by atoms with Crippen LogP contribution in [0.4, 0.5) is 0 Å². The lowest BCUT2D eigenvalue weighted by molar-refractivity contribution is 0.307. The quantitative estimate of drug-likeness (QED) is 0.221. The number of para-hydroxylation sites is 1. The summed E-state index contributed by atoms with van der Waals surface area (Å²) in [5.74, 6) is 0.745. The lowest BCUT2D eigenvalue weighted by Gasteiger charge is -2.30. The van der Waals surface area contributed by atoms with Gasteiger partial charge in [0.05, 0.1) is 16.3 Å². The van der Waals surface area contributed by atoms with Gasteiger partial charge in [0, 0.05) is 11.1 Å². The average molecular weight is 577 g/mol. The smallest absolute Gasteiger partial charge is 0.271 e. The maximum Gasteiger partial charge on any atom is 0.271 e. The summed E-state index contributed by atoms with van der Waals surface area (Å²) in [5, 5.41) is 2.37. The molecule has 5 heteroatoms. The predicted octanol–water partition coefficient (Wildman–Crippen LogP) is 7.05. The lowest BCUT2D eigenvalue weighted by atomic mass is 9.83. The van der Waals surface area contributed by atoms with E-state index in [-0.39, 0.29) is 11.6 Å². The molecule has 1 aliphatic heterocycles. The first-order chi connectivity index (χ1) is 21.2. The predicted molar refractivity (Wildman–Crippen MR) is 174 cm³/mol. The summed E-state index contributed by atoms with van der Waals surface area (Å²) in [6, 6.07) is 41.3. The van der Waals surface area contributed by atoms with Gasteiger partial charge in [0.2, 0.25) is 0 Å². The van der Waals surface area contributed by atoms with Crippen molar-refractivity contribution in [3.8, 4) is 5.75 Å². The number of aromatic nitrogens is 1. The van der Waals surface area contributed by atoms with Gasteiger partial charge in [-0.25, -0.2) is 4.99 Å². The summed E-state index contributed by atoms with van der Waals surface area (Å²) in [6.45, 7) is 0.438. The largest absolute Gasteiger partial charge is 0.488 e. The van der Waals surface area contributed by atoms with Crippen molar-refractivity contribution in [2.75, 3.05) is 0 Å². The van der Waals surface area contributed by atoms with E-state index in [2.05, 4.69) is 78.9 Å². The van der Waals surface area contributed by atoms with Crippen LogP contribution in [0, 0.1) is 0 Å². The van der Waals surface area contributed by atoms with Crippen molar-refractivity contribution in [1.29, 1.82) is 0 Å². The van der Waals surface area contributed by atoms with Gasteiger partial charge < -0.3 is 4.74 Å². The Morgan fingerprint density at radius 2 is 1.58 bits per heavy atom. The number of ether oxygens (including phenoxy) is 1. The Labute approximate surface area is 253 Å². The molecule has 0 fully saturated rings. The van der Waals surface area contributed by atoms with Crippen LogP contribution in [0.2, 0.25) is 0 Å². The van der Waals surface area contributed by atoms with Crippen molar-refractivity contribution in [2.45, 2.75) is 25.5 Å². The Morgan fingerprint density at radius 1 is 0.814 bits per heavy atom. The van der Waals surface area contributed by atoms with Crippen LogP contribution in [0.5, 0.6) is 5.75 Å². The number of benzene rings is 5. The highest BCUT2D eigenvalue weighted by Gasteiger charge is 2.32. The van der Waals surface area contributed by atoms with E-state index in [4.69, 9.17) is 9.73 Å². The first-order valence-corrected chi connectivity index (χ1v) is 15.4. The minimum absolute atomic E-state index is 0.0214. The minimum atomic E-state index is -0.180. The average Bonchev–Trinajstić information content (AvgIpc) is 3.37. The standard InChI is InChI=1S/C38H28N2O2S/c41-37-34(23-28-15-6-9-20-33(28)42-24-29-17-10-16-25-11-4-7-18-30(25)29)43-38-39-35-31-19-8-5-12-26(31)21-22-32(35)36(40(37)38)27-13-2-1-3-14-27/h1-20,23,36H,21-22,24H2/b34-23-/t36-/m0/s1. The van der Waals surface area contributed by atoms with Crippen molar-refractivity contribution < 1.29 is 4.74 Å². The monoisotopic (exact) mass is 576 g/mol. The van der Waals surface area contributed by atoms with Crippen LogP contribution >= 0.6 is 11.3 Å². The molecule has 0 N–H and O–H groups in total. The molecule has 0 bridgehead atoms.